The van der Waals surface area contributed by atoms with E-state index in [-0.39, 0.29) is 0 Å². The van der Waals surface area contributed by atoms with Crippen LogP contribution >= 0.6 is 0 Å². The molecule has 1 heterocycles. The summed E-state index contributed by atoms with van der Waals surface area (Å²) in [6.07, 6.45) is 1.22. The first-order chi connectivity index (χ1) is 11.1. The smallest absolute Gasteiger partial charge is 0.0959 e. The Balaban J connectivity index is 1.59. The third-order valence-corrected chi connectivity index (χ3v) is 4.07. The number of rotatable bonds is 6. The number of hydrogen-bond donors (Lipinski definition) is 1. The summed E-state index contributed by atoms with van der Waals surface area (Å²) in [4.78, 5) is 4.41. The molecule has 0 saturated heterocycles. The van der Waals surface area contributed by atoms with Crippen molar-refractivity contribution in [3.8, 4) is 0 Å². The second-order valence-corrected chi connectivity index (χ2v) is 5.98. The molecular formula is C19H22N2O2. The number of aryl methyl sites for hydroxylation is 2. The van der Waals surface area contributed by atoms with Crippen LogP contribution in [0.5, 0.6) is 0 Å². The van der Waals surface area contributed by atoms with Crippen LogP contribution in [0.25, 0.3) is 11.0 Å². The highest BCUT2D eigenvalue weighted by atomic mass is 16.5. The zero-order valence-electron chi connectivity index (χ0n) is 13.6. The standard InChI is InChI=1S/C19H22N2O2/c1-14-8-18-19(9-15(14)2)21(13-20-18)10-17(22)12-23-11-16-6-4-3-5-7-16/h3-9,13,17,22H,10-12H2,1-2H3. The van der Waals surface area contributed by atoms with E-state index < -0.39 is 6.10 Å². The number of hydrogen-bond acceptors (Lipinski definition) is 3. The zero-order chi connectivity index (χ0) is 16.2. The summed E-state index contributed by atoms with van der Waals surface area (Å²) >= 11 is 0. The van der Waals surface area contributed by atoms with Gasteiger partial charge in [-0.3, -0.25) is 0 Å². The van der Waals surface area contributed by atoms with Crippen molar-refractivity contribution in [2.24, 2.45) is 0 Å². The van der Waals surface area contributed by atoms with Crippen LogP contribution in [0.3, 0.4) is 0 Å². The minimum atomic E-state index is -0.558. The maximum atomic E-state index is 10.2. The number of fused-ring (bicyclic) bond motifs is 1. The van der Waals surface area contributed by atoms with Crippen LogP contribution < -0.4 is 0 Å². The average molecular weight is 310 g/mol. The summed E-state index contributed by atoms with van der Waals surface area (Å²) in [5.41, 5.74) is 5.59. The minimum Gasteiger partial charge on any atom is -0.389 e. The lowest BCUT2D eigenvalue weighted by atomic mass is 10.1. The predicted molar refractivity (Wildman–Crippen MR) is 91.3 cm³/mol. The van der Waals surface area contributed by atoms with Gasteiger partial charge in [-0.05, 0) is 42.7 Å². The Bertz CT molecular complexity index is 781. The first kappa shape index (κ1) is 15.7. The lowest BCUT2D eigenvalue weighted by Crippen LogP contribution is -2.21. The van der Waals surface area contributed by atoms with Gasteiger partial charge in [0.15, 0.2) is 0 Å². The summed E-state index contributed by atoms with van der Waals surface area (Å²) < 4.78 is 7.59. The molecule has 1 unspecified atom stereocenters. The van der Waals surface area contributed by atoms with Crippen molar-refractivity contribution >= 4 is 11.0 Å². The van der Waals surface area contributed by atoms with Crippen LogP contribution in [0.2, 0.25) is 0 Å². The fourth-order valence-corrected chi connectivity index (χ4v) is 2.63. The van der Waals surface area contributed by atoms with Gasteiger partial charge in [-0.15, -0.1) is 0 Å². The van der Waals surface area contributed by atoms with Gasteiger partial charge in [-0.2, -0.15) is 0 Å². The molecule has 1 aromatic heterocycles. The Morgan fingerprint density at radius 3 is 2.65 bits per heavy atom. The van der Waals surface area contributed by atoms with Crippen molar-refractivity contribution in [3.05, 3.63) is 65.5 Å². The molecule has 3 aromatic rings. The number of aliphatic hydroxyl groups is 1. The van der Waals surface area contributed by atoms with Gasteiger partial charge in [0.05, 0.1) is 43.2 Å². The van der Waals surface area contributed by atoms with Crippen molar-refractivity contribution in [2.45, 2.75) is 33.1 Å². The third kappa shape index (κ3) is 3.78. The van der Waals surface area contributed by atoms with Gasteiger partial charge in [0.2, 0.25) is 0 Å². The first-order valence-electron chi connectivity index (χ1n) is 7.85. The topological polar surface area (TPSA) is 47.3 Å². The van der Waals surface area contributed by atoms with Crippen LogP contribution in [0, 0.1) is 13.8 Å². The van der Waals surface area contributed by atoms with Crippen molar-refractivity contribution in [1.82, 2.24) is 9.55 Å². The Morgan fingerprint density at radius 1 is 1.13 bits per heavy atom. The Hall–Kier alpha value is -2.17. The second-order valence-electron chi connectivity index (χ2n) is 5.98. The minimum absolute atomic E-state index is 0.305. The fourth-order valence-electron chi connectivity index (χ4n) is 2.63. The highest BCUT2D eigenvalue weighted by molar-refractivity contribution is 5.77. The van der Waals surface area contributed by atoms with Crippen molar-refractivity contribution in [2.75, 3.05) is 6.61 Å². The molecule has 0 aliphatic rings. The van der Waals surface area contributed by atoms with E-state index in [0.29, 0.717) is 19.8 Å². The second kappa shape index (κ2) is 6.94. The number of ether oxygens (including phenoxy) is 1. The largest absolute Gasteiger partial charge is 0.389 e. The SMILES string of the molecule is Cc1cc2ncn(CC(O)COCc3ccccc3)c2cc1C. The van der Waals surface area contributed by atoms with Gasteiger partial charge in [0.1, 0.15) is 0 Å². The molecule has 1 atom stereocenters. The van der Waals surface area contributed by atoms with E-state index in [2.05, 4.69) is 31.0 Å². The molecule has 2 aromatic carbocycles. The molecule has 1 N–H and O–H groups in total. The normalized spacial score (nSPS) is 12.7. The quantitative estimate of drug-likeness (QED) is 0.760. The van der Waals surface area contributed by atoms with Crippen LogP contribution in [0.4, 0.5) is 0 Å². The molecule has 0 saturated carbocycles. The summed E-state index contributed by atoms with van der Waals surface area (Å²) in [6.45, 7) is 5.47. The number of benzene rings is 2. The van der Waals surface area contributed by atoms with E-state index in [0.717, 1.165) is 16.6 Å². The Morgan fingerprint density at radius 2 is 1.87 bits per heavy atom. The highest BCUT2D eigenvalue weighted by Gasteiger charge is 2.10. The van der Waals surface area contributed by atoms with Gasteiger partial charge >= 0.3 is 0 Å². The Labute approximate surface area is 136 Å². The number of nitrogens with zero attached hydrogens (tertiary/aromatic N) is 2. The van der Waals surface area contributed by atoms with Crippen molar-refractivity contribution in [1.29, 1.82) is 0 Å². The van der Waals surface area contributed by atoms with Crippen LogP contribution in [0.15, 0.2) is 48.8 Å². The maximum Gasteiger partial charge on any atom is 0.0959 e. The van der Waals surface area contributed by atoms with Gasteiger partial charge in [-0.25, -0.2) is 4.98 Å². The lowest BCUT2D eigenvalue weighted by Gasteiger charge is -2.13. The summed E-state index contributed by atoms with van der Waals surface area (Å²) in [5.74, 6) is 0. The molecule has 4 heteroatoms. The van der Waals surface area contributed by atoms with Gasteiger partial charge in [0.25, 0.3) is 0 Å². The molecular weight excluding hydrogens is 288 g/mol. The maximum absolute atomic E-state index is 10.2. The van der Waals surface area contributed by atoms with Crippen molar-refractivity contribution in [3.63, 3.8) is 0 Å². The monoisotopic (exact) mass is 310 g/mol. The van der Waals surface area contributed by atoms with Gasteiger partial charge in [-0.1, -0.05) is 30.3 Å². The summed E-state index contributed by atoms with van der Waals surface area (Å²) in [6, 6.07) is 14.2. The lowest BCUT2D eigenvalue weighted by molar-refractivity contribution is 0.0209. The molecule has 0 aliphatic carbocycles. The number of aromatic nitrogens is 2. The van der Waals surface area contributed by atoms with E-state index >= 15 is 0 Å². The molecule has 3 rings (SSSR count). The predicted octanol–water partition coefficient (Wildman–Crippen LogP) is 3.23. The molecule has 0 bridgehead atoms. The first-order valence-corrected chi connectivity index (χ1v) is 7.85. The third-order valence-electron chi connectivity index (χ3n) is 4.07. The molecule has 0 spiro atoms. The molecule has 23 heavy (non-hydrogen) atoms. The summed E-state index contributed by atoms with van der Waals surface area (Å²) in [5, 5.41) is 10.2. The van der Waals surface area contributed by atoms with Crippen molar-refractivity contribution < 1.29 is 9.84 Å². The van der Waals surface area contributed by atoms with E-state index in [4.69, 9.17) is 4.74 Å². The zero-order valence-corrected chi connectivity index (χ0v) is 13.6. The number of imidazole rings is 1. The average Bonchev–Trinajstić information content (AvgIpc) is 2.91. The summed E-state index contributed by atoms with van der Waals surface area (Å²) in [7, 11) is 0. The van der Waals surface area contributed by atoms with Gasteiger partial charge in [0, 0.05) is 0 Å². The highest BCUT2D eigenvalue weighted by Crippen LogP contribution is 2.18. The van der Waals surface area contributed by atoms with E-state index in [1.54, 1.807) is 6.33 Å². The number of aliphatic hydroxyl groups excluding tert-OH is 1. The Kier molecular flexibility index (Phi) is 4.74. The fraction of sp³-hybridized carbons (Fsp3) is 0.316. The molecule has 0 aliphatic heterocycles. The molecule has 0 radical (unpaired) electrons. The molecule has 120 valence electrons. The van der Waals surface area contributed by atoms with E-state index in [1.807, 2.05) is 34.9 Å². The van der Waals surface area contributed by atoms with E-state index in [1.165, 1.54) is 11.1 Å². The van der Waals surface area contributed by atoms with Crippen LogP contribution in [-0.2, 0) is 17.9 Å². The molecule has 0 amide bonds. The molecule has 4 nitrogen and oxygen atoms in total. The van der Waals surface area contributed by atoms with Crippen LogP contribution in [0.1, 0.15) is 16.7 Å². The van der Waals surface area contributed by atoms with Crippen LogP contribution in [-0.4, -0.2) is 27.4 Å². The van der Waals surface area contributed by atoms with Gasteiger partial charge < -0.3 is 14.4 Å². The molecule has 0 fully saturated rings. The van der Waals surface area contributed by atoms with E-state index in [9.17, 15) is 5.11 Å².